The van der Waals surface area contributed by atoms with Gasteiger partial charge in [-0.15, -0.1) is 0 Å². The summed E-state index contributed by atoms with van der Waals surface area (Å²) < 4.78 is 15.9. The van der Waals surface area contributed by atoms with Crippen LogP contribution in [0.4, 0.5) is 15.3 Å². The molecule has 0 radical (unpaired) electrons. The zero-order chi connectivity index (χ0) is 37.8. The van der Waals surface area contributed by atoms with Crippen molar-refractivity contribution in [2.45, 2.75) is 51.9 Å². The average Bonchev–Trinajstić information content (AvgIpc) is 3.13. The molecule has 0 spiro atoms. The summed E-state index contributed by atoms with van der Waals surface area (Å²) in [5, 5.41) is 2.48. The summed E-state index contributed by atoms with van der Waals surface area (Å²) in [5.74, 6) is -3.23. The maximum atomic E-state index is 14.1. The van der Waals surface area contributed by atoms with Gasteiger partial charge in [-0.25, -0.2) is 14.4 Å². The Hall–Kier alpha value is -5.98. The number of carbonyl (C=O) groups excluding carboxylic acids is 6. The molecule has 1 aliphatic heterocycles. The highest BCUT2D eigenvalue weighted by atomic mass is 16.6. The fourth-order valence-electron chi connectivity index (χ4n) is 5.73. The number of urea groups is 1. The van der Waals surface area contributed by atoms with E-state index < -0.39 is 54.1 Å². The van der Waals surface area contributed by atoms with Crippen molar-refractivity contribution in [3.63, 3.8) is 0 Å². The largest absolute Gasteiger partial charge is 0.459 e. The summed E-state index contributed by atoms with van der Waals surface area (Å²) in [5.41, 5.74) is 6.43. The third kappa shape index (κ3) is 10.5. The maximum Gasteiger partial charge on any atom is 0.410 e. The molecule has 3 N–H and O–H groups in total. The number of nitrogens with one attached hydrogen (secondary N) is 1. The van der Waals surface area contributed by atoms with Gasteiger partial charge in [0.25, 0.3) is 0 Å². The minimum Gasteiger partial charge on any atom is -0.459 e. The number of hydrogen-bond acceptors (Lipinski definition) is 9. The summed E-state index contributed by atoms with van der Waals surface area (Å²) in [4.78, 5) is 82.0. The van der Waals surface area contributed by atoms with E-state index in [9.17, 15) is 28.8 Å². The molecule has 3 aromatic rings. The molecule has 274 valence electrons. The zero-order valence-corrected chi connectivity index (χ0v) is 29.5. The Morgan fingerprint density at radius 3 is 2.27 bits per heavy atom. The molecular formula is C39H44N4O9. The van der Waals surface area contributed by atoms with Crippen LogP contribution in [0.15, 0.2) is 91.5 Å². The second-order valence-corrected chi connectivity index (χ2v) is 13.1. The van der Waals surface area contributed by atoms with Gasteiger partial charge in [0.05, 0.1) is 5.56 Å². The number of amides is 4. The highest BCUT2D eigenvalue weighted by Crippen LogP contribution is 2.33. The maximum absolute atomic E-state index is 14.1. The molecule has 1 atom stereocenters. The number of carbonyl (C=O) groups is 6. The van der Waals surface area contributed by atoms with Crippen LogP contribution < -0.4 is 16.0 Å². The molecule has 13 nitrogen and oxygen atoms in total. The van der Waals surface area contributed by atoms with Gasteiger partial charge in [-0.1, -0.05) is 73.3 Å². The Kier molecular flexibility index (Phi) is 13.3. The first-order valence-corrected chi connectivity index (χ1v) is 16.8. The standard InChI is InChI=1S/C39H44N4O9/c1-5-22-50-36(47)28-14-11-15-29(23-28)43(37(48)41-24-32(44)52-39(2,3)4)33(35(40)46)30-16-9-10-17-31(30)34(45)27-18-20-42(21-19-27)38(49)51-25-26-12-7-6-8-13-26/h5-17,23,27,33H,1,18-22,24-25H2,2-4H3,(H2,40,46)(H,41,48). The molecule has 0 bridgehead atoms. The van der Waals surface area contributed by atoms with Gasteiger partial charge >= 0.3 is 24.1 Å². The number of Topliss-reactive ketones (excluding diaryl/α,β-unsaturated/α-hetero) is 1. The Morgan fingerprint density at radius 2 is 1.62 bits per heavy atom. The van der Waals surface area contributed by atoms with Crippen molar-refractivity contribution < 1.29 is 43.0 Å². The molecule has 1 saturated heterocycles. The first kappa shape index (κ1) is 38.8. The molecule has 1 aliphatic rings. The second-order valence-electron chi connectivity index (χ2n) is 13.1. The number of hydrogen-bond donors (Lipinski definition) is 2. The van der Waals surface area contributed by atoms with Crippen LogP contribution in [0.5, 0.6) is 0 Å². The Balaban J connectivity index is 1.61. The molecule has 52 heavy (non-hydrogen) atoms. The predicted octanol–water partition coefficient (Wildman–Crippen LogP) is 5.35. The minimum absolute atomic E-state index is 0.0584. The summed E-state index contributed by atoms with van der Waals surface area (Å²) in [6.45, 7) is 8.63. The van der Waals surface area contributed by atoms with Crippen LogP contribution in [0.25, 0.3) is 0 Å². The molecule has 0 saturated carbocycles. The number of rotatable bonds is 13. The molecule has 0 aromatic heterocycles. The lowest BCUT2D eigenvalue weighted by Gasteiger charge is -2.33. The van der Waals surface area contributed by atoms with E-state index >= 15 is 0 Å². The number of benzene rings is 3. The van der Waals surface area contributed by atoms with Gasteiger partial charge in [0.1, 0.15) is 31.4 Å². The number of anilines is 1. The topological polar surface area (TPSA) is 175 Å². The number of piperidine rings is 1. The summed E-state index contributed by atoms with van der Waals surface area (Å²) in [6, 6.07) is 18.9. The third-order valence-electron chi connectivity index (χ3n) is 8.09. The Bertz CT molecular complexity index is 1780. The van der Waals surface area contributed by atoms with E-state index in [1.165, 1.54) is 36.4 Å². The van der Waals surface area contributed by atoms with Crippen molar-refractivity contribution in [2.24, 2.45) is 11.7 Å². The van der Waals surface area contributed by atoms with E-state index in [1.807, 2.05) is 30.3 Å². The van der Waals surface area contributed by atoms with Crippen molar-refractivity contribution in [1.29, 1.82) is 0 Å². The quantitative estimate of drug-likeness (QED) is 0.103. The van der Waals surface area contributed by atoms with E-state index in [0.29, 0.717) is 12.8 Å². The van der Waals surface area contributed by atoms with Crippen LogP contribution in [0.2, 0.25) is 0 Å². The highest BCUT2D eigenvalue weighted by molar-refractivity contribution is 6.05. The lowest BCUT2D eigenvalue weighted by molar-refractivity contribution is -0.153. The average molecular weight is 713 g/mol. The van der Waals surface area contributed by atoms with E-state index in [2.05, 4.69) is 11.9 Å². The zero-order valence-electron chi connectivity index (χ0n) is 29.5. The van der Waals surface area contributed by atoms with Crippen molar-refractivity contribution in [1.82, 2.24) is 10.2 Å². The number of ether oxygens (including phenoxy) is 3. The number of likely N-dealkylation sites (tertiary alicyclic amines) is 1. The van der Waals surface area contributed by atoms with E-state index in [0.717, 1.165) is 10.5 Å². The molecule has 3 aromatic carbocycles. The summed E-state index contributed by atoms with van der Waals surface area (Å²) >= 11 is 0. The lowest BCUT2D eigenvalue weighted by Crippen LogP contribution is -2.49. The molecular weight excluding hydrogens is 668 g/mol. The summed E-state index contributed by atoms with van der Waals surface area (Å²) in [7, 11) is 0. The van der Waals surface area contributed by atoms with Gasteiger partial charge in [-0.05, 0) is 62.9 Å². The van der Waals surface area contributed by atoms with Crippen molar-refractivity contribution in [2.75, 3.05) is 31.1 Å². The van der Waals surface area contributed by atoms with E-state index in [-0.39, 0.29) is 54.5 Å². The number of nitrogens with zero attached hydrogens (tertiary/aromatic N) is 2. The van der Waals surface area contributed by atoms with Crippen molar-refractivity contribution in [3.05, 3.63) is 114 Å². The smallest absolute Gasteiger partial charge is 0.410 e. The normalized spacial score (nSPS) is 13.6. The van der Waals surface area contributed by atoms with Gasteiger partial charge in [-0.3, -0.25) is 19.3 Å². The number of primary amides is 1. The van der Waals surface area contributed by atoms with Gasteiger partial charge in [0, 0.05) is 30.3 Å². The fourth-order valence-corrected chi connectivity index (χ4v) is 5.73. The second kappa shape index (κ2) is 17.8. The molecule has 1 unspecified atom stereocenters. The van der Waals surface area contributed by atoms with Crippen LogP contribution in [-0.2, 0) is 30.4 Å². The fraction of sp³-hybridized carbons (Fsp3) is 0.333. The molecule has 4 amide bonds. The van der Waals surface area contributed by atoms with Crippen LogP contribution >= 0.6 is 0 Å². The molecule has 0 aliphatic carbocycles. The molecule has 4 rings (SSSR count). The number of ketones is 1. The van der Waals surface area contributed by atoms with Crippen LogP contribution in [-0.4, -0.2) is 72.5 Å². The highest BCUT2D eigenvalue weighted by Gasteiger charge is 2.37. The van der Waals surface area contributed by atoms with Crippen LogP contribution in [0.3, 0.4) is 0 Å². The van der Waals surface area contributed by atoms with Crippen molar-refractivity contribution >= 4 is 41.4 Å². The first-order chi connectivity index (χ1) is 24.8. The lowest BCUT2D eigenvalue weighted by atomic mass is 9.85. The Labute approximate surface area is 302 Å². The van der Waals surface area contributed by atoms with E-state index in [4.69, 9.17) is 19.9 Å². The van der Waals surface area contributed by atoms with Crippen molar-refractivity contribution in [3.8, 4) is 0 Å². The minimum atomic E-state index is -1.56. The number of esters is 2. The predicted molar refractivity (Wildman–Crippen MR) is 192 cm³/mol. The molecule has 13 heteroatoms. The third-order valence-corrected chi connectivity index (χ3v) is 8.09. The molecule has 1 fully saturated rings. The van der Waals surface area contributed by atoms with Gasteiger partial charge < -0.3 is 30.2 Å². The monoisotopic (exact) mass is 712 g/mol. The number of nitrogens with two attached hydrogens (primary N) is 1. The SMILES string of the molecule is C=CCOC(=O)c1cccc(N(C(=O)NCC(=O)OC(C)(C)C)C(C(N)=O)c2ccccc2C(=O)C2CCN(C(=O)OCc3ccccc3)CC2)c1. The van der Waals surface area contributed by atoms with Gasteiger partial charge in [0.2, 0.25) is 5.91 Å². The molecule has 1 heterocycles. The van der Waals surface area contributed by atoms with Gasteiger partial charge in [-0.2, -0.15) is 0 Å². The first-order valence-electron chi connectivity index (χ1n) is 16.8. The van der Waals surface area contributed by atoms with Gasteiger partial charge in [0.15, 0.2) is 5.78 Å². The van der Waals surface area contributed by atoms with Crippen LogP contribution in [0.1, 0.15) is 71.5 Å². The Morgan fingerprint density at radius 1 is 0.942 bits per heavy atom. The van der Waals surface area contributed by atoms with E-state index in [1.54, 1.807) is 43.9 Å². The summed E-state index contributed by atoms with van der Waals surface area (Å²) in [6.07, 6.45) is 1.59. The van der Waals surface area contributed by atoms with Crippen LogP contribution in [0, 0.1) is 5.92 Å².